The highest BCUT2D eigenvalue weighted by molar-refractivity contribution is 6.34. The Hall–Kier alpha value is -2.42. The van der Waals surface area contributed by atoms with E-state index in [1.54, 1.807) is 24.3 Å². The fraction of sp³-hybridized carbons (Fsp3) is 0.133. The van der Waals surface area contributed by atoms with Crippen molar-refractivity contribution >= 4 is 23.2 Å². The topological polar surface area (TPSA) is 75.1 Å². The average molecular weight is 302 g/mol. The molecule has 0 aliphatic rings. The van der Waals surface area contributed by atoms with Crippen LogP contribution in [0.5, 0.6) is 0 Å². The van der Waals surface area contributed by atoms with Crippen molar-refractivity contribution in [3.05, 3.63) is 52.8 Å². The molecule has 2 rings (SSSR count). The van der Waals surface area contributed by atoms with Gasteiger partial charge in [0.1, 0.15) is 0 Å². The molecule has 2 aromatic rings. The van der Waals surface area contributed by atoms with Crippen molar-refractivity contribution in [1.82, 2.24) is 10.2 Å². The van der Waals surface area contributed by atoms with Gasteiger partial charge in [0.25, 0.3) is 5.91 Å². The highest BCUT2D eigenvalue weighted by Crippen LogP contribution is 2.23. The van der Waals surface area contributed by atoms with E-state index in [4.69, 9.17) is 16.7 Å². The van der Waals surface area contributed by atoms with Gasteiger partial charge in [0.05, 0.1) is 35.3 Å². The summed E-state index contributed by atoms with van der Waals surface area (Å²) in [7, 11) is 0. The van der Waals surface area contributed by atoms with Gasteiger partial charge in [0, 0.05) is 12.0 Å². The summed E-state index contributed by atoms with van der Waals surface area (Å²) in [5.74, 6) is 5.37. The first-order valence-corrected chi connectivity index (χ1v) is 6.56. The van der Waals surface area contributed by atoms with Gasteiger partial charge in [-0.2, -0.15) is 10.2 Å². The van der Waals surface area contributed by atoms with E-state index >= 15 is 0 Å². The van der Waals surface area contributed by atoms with E-state index in [0.29, 0.717) is 28.3 Å². The largest absolute Gasteiger partial charge is 0.395 e. The van der Waals surface area contributed by atoms with Gasteiger partial charge in [-0.1, -0.05) is 23.4 Å². The van der Waals surface area contributed by atoms with Crippen molar-refractivity contribution in [2.45, 2.75) is 6.42 Å². The predicted molar refractivity (Wildman–Crippen MR) is 80.0 cm³/mol. The van der Waals surface area contributed by atoms with Crippen molar-refractivity contribution in [3.8, 4) is 11.8 Å². The minimum Gasteiger partial charge on any atom is -0.395 e. The molecule has 0 saturated heterocycles. The monoisotopic (exact) mass is 301 g/mol. The smallest absolute Gasteiger partial charge is 0.257 e. The molecular weight excluding hydrogens is 290 g/mol. The van der Waals surface area contributed by atoms with Crippen LogP contribution in [0.3, 0.4) is 0 Å². The van der Waals surface area contributed by atoms with E-state index < -0.39 is 0 Å². The third-order valence-corrected chi connectivity index (χ3v) is 2.86. The van der Waals surface area contributed by atoms with E-state index in [-0.39, 0.29) is 12.5 Å². The number of anilines is 1. The van der Waals surface area contributed by atoms with Gasteiger partial charge in [0.15, 0.2) is 0 Å². The maximum Gasteiger partial charge on any atom is 0.257 e. The highest BCUT2D eigenvalue weighted by atomic mass is 35.5. The third-order valence-electron chi connectivity index (χ3n) is 2.53. The van der Waals surface area contributed by atoms with Crippen LogP contribution in [0.2, 0.25) is 5.02 Å². The average Bonchev–Trinajstić information content (AvgIpc) is 2.51. The van der Waals surface area contributed by atoms with Crippen molar-refractivity contribution in [2.75, 3.05) is 11.9 Å². The lowest BCUT2D eigenvalue weighted by Crippen LogP contribution is -2.12. The van der Waals surface area contributed by atoms with Crippen molar-refractivity contribution in [3.63, 3.8) is 0 Å². The summed E-state index contributed by atoms with van der Waals surface area (Å²) < 4.78 is 0. The number of aliphatic hydroxyl groups is 1. The molecule has 0 unspecified atom stereocenters. The SMILES string of the molecule is O=C(Nc1cc(C#CCCO)ccc1Cl)c1ccnnc1. The second-order valence-electron chi connectivity index (χ2n) is 4.06. The number of benzene rings is 1. The second kappa shape index (κ2) is 7.39. The molecule has 1 aromatic heterocycles. The number of nitrogens with one attached hydrogen (secondary N) is 1. The standard InChI is InChI=1S/C15H12ClN3O2/c16-13-5-4-11(3-1-2-8-20)9-14(13)19-15(21)12-6-7-17-18-10-12/h4-7,9-10,20H,2,8H2,(H,19,21). The van der Waals surface area contributed by atoms with Crippen LogP contribution in [-0.4, -0.2) is 27.8 Å². The molecule has 0 aliphatic heterocycles. The van der Waals surface area contributed by atoms with Crippen LogP contribution in [0.15, 0.2) is 36.7 Å². The Morgan fingerprint density at radius 1 is 1.33 bits per heavy atom. The van der Waals surface area contributed by atoms with Crippen LogP contribution < -0.4 is 5.32 Å². The summed E-state index contributed by atoms with van der Waals surface area (Å²) in [6, 6.07) is 6.64. The molecule has 5 nitrogen and oxygen atoms in total. The first-order valence-electron chi connectivity index (χ1n) is 6.18. The summed E-state index contributed by atoms with van der Waals surface area (Å²) in [5.41, 5.74) is 1.56. The Kier molecular flexibility index (Phi) is 5.27. The van der Waals surface area contributed by atoms with E-state index in [0.717, 1.165) is 0 Å². The minimum absolute atomic E-state index is 0.0131. The molecule has 0 aliphatic carbocycles. The predicted octanol–water partition coefficient (Wildman–Crippen LogP) is 2.12. The molecule has 1 aromatic carbocycles. The lowest BCUT2D eigenvalue weighted by atomic mass is 10.2. The quantitative estimate of drug-likeness (QED) is 0.852. The molecule has 2 N–H and O–H groups in total. The number of amides is 1. The fourth-order valence-electron chi connectivity index (χ4n) is 1.54. The number of halogens is 1. The molecular formula is C15H12ClN3O2. The molecule has 0 saturated carbocycles. The zero-order chi connectivity index (χ0) is 15.1. The van der Waals surface area contributed by atoms with Gasteiger partial charge in [-0.05, 0) is 24.3 Å². The van der Waals surface area contributed by atoms with Crippen molar-refractivity contribution in [2.24, 2.45) is 0 Å². The zero-order valence-electron chi connectivity index (χ0n) is 11.0. The molecule has 1 heterocycles. The molecule has 0 fully saturated rings. The third kappa shape index (κ3) is 4.28. The number of hydrogen-bond donors (Lipinski definition) is 2. The van der Waals surface area contributed by atoms with Gasteiger partial charge < -0.3 is 10.4 Å². The number of hydrogen-bond acceptors (Lipinski definition) is 4. The summed E-state index contributed by atoms with van der Waals surface area (Å²) in [4.78, 5) is 12.0. The molecule has 1 amide bonds. The summed E-state index contributed by atoms with van der Waals surface area (Å²) >= 11 is 6.06. The van der Waals surface area contributed by atoms with E-state index in [9.17, 15) is 4.79 Å². The number of aliphatic hydroxyl groups excluding tert-OH is 1. The maximum absolute atomic E-state index is 12.0. The van der Waals surface area contributed by atoms with Gasteiger partial charge in [-0.3, -0.25) is 4.79 Å². The summed E-state index contributed by atoms with van der Waals surface area (Å²) in [5, 5.41) is 19.1. The lowest BCUT2D eigenvalue weighted by molar-refractivity contribution is 0.102. The van der Waals surface area contributed by atoms with Gasteiger partial charge >= 0.3 is 0 Å². The Morgan fingerprint density at radius 2 is 2.19 bits per heavy atom. The first kappa shape index (κ1) is 15.0. The number of carbonyl (C=O) groups is 1. The Balaban J connectivity index is 2.18. The Morgan fingerprint density at radius 3 is 2.90 bits per heavy atom. The van der Waals surface area contributed by atoms with E-state index in [2.05, 4.69) is 27.4 Å². The van der Waals surface area contributed by atoms with Crippen LogP contribution in [0, 0.1) is 11.8 Å². The number of nitrogens with zero attached hydrogens (tertiary/aromatic N) is 2. The number of rotatable bonds is 3. The molecule has 0 bridgehead atoms. The van der Waals surface area contributed by atoms with Crippen molar-refractivity contribution in [1.29, 1.82) is 0 Å². The fourth-order valence-corrected chi connectivity index (χ4v) is 1.70. The van der Waals surface area contributed by atoms with Crippen LogP contribution in [0.4, 0.5) is 5.69 Å². The van der Waals surface area contributed by atoms with Crippen LogP contribution in [0.25, 0.3) is 0 Å². The number of aromatic nitrogens is 2. The van der Waals surface area contributed by atoms with Crippen LogP contribution in [0.1, 0.15) is 22.3 Å². The van der Waals surface area contributed by atoms with Gasteiger partial charge in [0.2, 0.25) is 0 Å². The lowest BCUT2D eigenvalue weighted by Gasteiger charge is -2.07. The molecule has 0 spiro atoms. The Labute approximate surface area is 127 Å². The van der Waals surface area contributed by atoms with E-state index in [1.807, 2.05) is 0 Å². The minimum atomic E-state index is -0.327. The molecule has 6 heteroatoms. The van der Waals surface area contributed by atoms with Gasteiger partial charge in [-0.25, -0.2) is 0 Å². The molecule has 0 radical (unpaired) electrons. The Bertz CT molecular complexity index is 693. The van der Waals surface area contributed by atoms with Crippen LogP contribution >= 0.6 is 11.6 Å². The summed E-state index contributed by atoms with van der Waals surface area (Å²) in [6.45, 7) is 0.0131. The first-order chi connectivity index (χ1) is 10.2. The normalized spacial score (nSPS) is 9.62. The maximum atomic E-state index is 12.0. The molecule has 106 valence electrons. The zero-order valence-corrected chi connectivity index (χ0v) is 11.8. The van der Waals surface area contributed by atoms with Gasteiger partial charge in [-0.15, -0.1) is 0 Å². The second-order valence-corrected chi connectivity index (χ2v) is 4.46. The molecule has 0 atom stereocenters. The van der Waals surface area contributed by atoms with Crippen LogP contribution in [-0.2, 0) is 0 Å². The summed E-state index contributed by atoms with van der Waals surface area (Å²) in [6.07, 6.45) is 3.20. The number of carbonyl (C=O) groups excluding carboxylic acids is 1. The molecule has 21 heavy (non-hydrogen) atoms. The van der Waals surface area contributed by atoms with E-state index in [1.165, 1.54) is 12.4 Å². The van der Waals surface area contributed by atoms with Crippen molar-refractivity contribution < 1.29 is 9.90 Å². The highest BCUT2D eigenvalue weighted by Gasteiger charge is 2.09.